The molecular weight excluding hydrogens is 901 g/mol. The lowest BCUT2D eigenvalue weighted by molar-refractivity contribution is 0.0363. The summed E-state index contributed by atoms with van der Waals surface area (Å²) in [5, 5.41) is 48.8. The third-order valence-corrected chi connectivity index (χ3v) is 16.0. The minimum atomic E-state index is -2.36. The zero-order valence-corrected chi connectivity index (χ0v) is 46.2. The van der Waals surface area contributed by atoms with Crippen LogP contribution < -0.4 is 64.2 Å². The fourth-order valence-corrected chi connectivity index (χ4v) is 11.5. The molecule has 1 atom stereocenters. The molecule has 14 N–H and O–H groups in total. The lowest BCUT2D eigenvalue weighted by Gasteiger charge is -2.19. The molecule has 0 spiro atoms. The van der Waals surface area contributed by atoms with Crippen LogP contribution in [0.25, 0.3) is 0 Å². The first-order valence-electron chi connectivity index (χ1n) is 29.4. The highest BCUT2D eigenvalue weighted by Crippen LogP contribution is 2.32. The van der Waals surface area contributed by atoms with Gasteiger partial charge in [0, 0.05) is 124 Å². The maximum Gasteiger partial charge on any atom is 0.501 e. The van der Waals surface area contributed by atoms with Gasteiger partial charge in [0.2, 0.25) is 0 Å². The fraction of sp³-hybridized carbons (Fsp3) is 1.00. The summed E-state index contributed by atoms with van der Waals surface area (Å²) in [4.78, 5) is 0. The standard InChI is InChI=1S/C52H116N12O5Si/c53-23-30-60-37-31-54-24-16-10-4-1-5-11-17-25-55-32-38-61-39-33-56-26-18-12-6-2-7-13-19-27-57-34-40-62-41-35-58-28-20-14-8-3-9-15-21-29-59-36-42-63-43-44-64-47-51(65)48-66-45-22-46-70-67-49-52(69-70)50-68-70/h51-52,54-65H,1-50,53H2. The van der Waals surface area contributed by atoms with Gasteiger partial charge in [0.25, 0.3) is 0 Å². The van der Waals surface area contributed by atoms with Crippen molar-refractivity contribution in [2.45, 2.75) is 160 Å². The molecule has 0 aromatic carbocycles. The van der Waals surface area contributed by atoms with Crippen molar-refractivity contribution in [3.8, 4) is 0 Å². The molecule has 2 bridgehead atoms. The Kier molecular flexibility index (Phi) is 50.0. The van der Waals surface area contributed by atoms with Gasteiger partial charge in [-0.1, -0.05) is 96.3 Å². The largest absolute Gasteiger partial charge is 0.501 e. The third-order valence-electron chi connectivity index (χ3n) is 13.1. The van der Waals surface area contributed by atoms with Gasteiger partial charge in [-0.3, -0.25) is 0 Å². The van der Waals surface area contributed by atoms with Gasteiger partial charge in [0.1, 0.15) is 0 Å². The molecule has 0 saturated carbocycles. The molecular formula is C52H116N12O5Si. The Morgan fingerprint density at radius 2 is 0.671 bits per heavy atom. The highest BCUT2D eigenvalue weighted by Gasteiger charge is 2.54. The Morgan fingerprint density at radius 3 is 0.971 bits per heavy atom. The van der Waals surface area contributed by atoms with Crippen LogP contribution in [0.15, 0.2) is 0 Å². The molecule has 2 aliphatic heterocycles. The van der Waals surface area contributed by atoms with Crippen LogP contribution in [-0.2, 0) is 18.0 Å². The molecule has 2 aliphatic rings. The summed E-state index contributed by atoms with van der Waals surface area (Å²) < 4.78 is 22.9. The van der Waals surface area contributed by atoms with Crippen molar-refractivity contribution in [3.05, 3.63) is 0 Å². The fourth-order valence-electron chi connectivity index (χ4n) is 8.80. The summed E-state index contributed by atoms with van der Waals surface area (Å²) in [5.74, 6) is 0. The molecule has 2 saturated heterocycles. The van der Waals surface area contributed by atoms with Gasteiger partial charge in [0.05, 0.1) is 32.0 Å². The van der Waals surface area contributed by atoms with E-state index in [0.717, 1.165) is 156 Å². The van der Waals surface area contributed by atoms with Crippen molar-refractivity contribution >= 4 is 8.80 Å². The van der Waals surface area contributed by atoms with Crippen LogP contribution in [0.2, 0.25) is 6.04 Å². The maximum atomic E-state index is 10.1. The number of unbranched alkanes of at least 4 members (excludes halogenated alkanes) is 18. The number of aliphatic hydroxyl groups excluding tert-OH is 1. The second kappa shape index (κ2) is 53.4. The zero-order valence-electron chi connectivity index (χ0n) is 45.2. The smallest absolute Gasteiger partial charge is 0.389 e. The van der Waals surface area contributed by atoms with Crippen molar-refractivity contribution in [1.82, 2.24) is 58.5 Å². The van der Waals surface area contributed by atoms with E-state index in [-0.39, 0.29) is 6.10 Å². The Hall–Kier alpha value is -0.463. The summed E-state index contributed by atoms with van der Waals surface area (Å²) >= 11 is 0. The van der Waals surface area contributed by atoms with Gasteiger partial charge >= 0.3 is 8.80 Å². The highest BCUT2D eigenvalue weighted by molar-refractivity contribution is 6.61. The lowest BCUT2D eigenvalue weighted by atomic mass is 10.1. The Balaban J connectivity index is 1.10. The number of nitrogens with one attached hydrogen (secondary N) is 11. The second-order valence-electron chi connectivity index (χ2n) is 19.8. The van der Waals surface area contributed by atoms with Crippen LogP contribution in [0.4, 0.5) is 0 Å². The molecule has 418 valence electrons. The normalized spacial score (nSPS) is 17.1. The van der Waals surface area contributed by atoms with Crippen molar-refractivity contribution < 1.29 is 23.1 Å². The Labute approximate surface area is 431 Å². The number of nitrogens with two attached hydrogens (primary N) is 1. The minimum Gasteiger partial charge on any atom is -0.389 e. The first-order valence-corrected chi connectivity index (χ1v) is 31.4. The molecule has 0 aromatic rings. The van der Waals surface area contributed by atoms with Crippen LogP contribution in [-0.4, -0.2) is 203 Å². The maximum absolute atomic E-state index is 10.1. The lowest BCUT2D eigenvalue weighted by Crippen LogP contribution is -2.38. The van der Waals surface area contributed by atoms with Crippen LogP contribution in [0.5, 0.6) is 0 Å². The predicted molar refractivity (Wildman–Crippen MR) is 296 cm³/mol. The molecule has 0 radical (unpaired) electrons. The molecule has 17 nitrogen and oxygen atoms in total. The molecule has 18 heteroatoms. The molecule has 2 rings (SSSR count). The number of ether oxygens (including phenoxy) is 1. The van der Waals surface area contributed by atoms with Crippen molar-refractivity contribution in [3.63, 3.8) is 0 Å². The highest BCUT2D eigenvalue weighted by atomic mass is 28.4. The number of fused-ring (bicyclic) bond motifs is 2. The van der Waals surface area contributed by atoms with Gasteiger partial charge in [-0.05, 0) is 84.2 Å². The first kappa shape index (κ1) is 65.6. The second-order valence-corrected chi connectivity index (χ2v) is 22.5. The summed E-state index contributed by atoms with van der Waals surface area (Å²) in [7, 11) is -2.36. The van der Waals surface area contributed by atoms with E-state index in [1.54, 1.807) is 0 Å². The van der Waals surface area contributed by atoms with Crippen molar-refractivity contribution in [1.29, 1.82) is 0 Å². The molecule has 0 amide bonds. The summed E-state index contributed by atoms with van der Waals surface area (Å²) in [6.07, 6.45) is 28.7. The van der Waals surface area contributed by atoms with Crippen LogP contribution in [0.1, 0.15) is 141 Å². The van der Waals surface area contributed by atoms with E-state index in [4.69, 9.17) is 23.7 Å². The summed E-state index contributed by atoms with van der Waals surface area (Å²) in [6, 6.07) is 0.797. The average Bonchev–Trinajstić information content (AvgIpc) is 3.98. The van der Waals surface area contributed by atoms with E-state index in [2.05, 4.69) is 58.5 Å². The van der Waals surface area contributed by atoms with Gasteiger partial charge in [-0.2, -0.15) is 0 Å². The molecule has 0 aliphatic carbocycles. The van der Waals surface area contributed by atoms with Crippen LogP contribution >= 0.6 is 0 Å². The van der Waals surface area contributed by atoms with Gasteiger partial charge < -0.3 is 87.3 Å². The van der Waals surface area contributed by atoms with Gasteiger partial charge in [-0.25, -0.2) is 0 Å². The van der Waals surface area contributed by atoms with Crippen LogP contribution in [0, 0.1) is 0 Å². The molecule has 1 unspecified atom stereocenters. The van der Waals surface area contributed by atoms with E-state index < -0.39 is 14.9 Å². The number of hydrogen-bond donors (Lipinski definition) is 13. The van der Waals surface area contributed by atoms with E-state index in [0.29, 0.717) is 33.0 Å². The number of rotatable bonds is 61. The molecule has 2 heterocycles. The summed E-state index contributed by atoms with van der Waals surface area (Å²) in [5.41, 5.74) is 5.48. The molecule has 0 aromatic heterocycles. The number of hydrogen-bond acceptors (Lipinski definition) is 17. The first-order chi connectivity index (χ1) is 34.7. The Bertz CT molecular complexity index is 1030. The third kappa shape index (κ3) is 45.0. The van der Waals surface area contributed by atoms with E-state index in [1.165, 1.54) is 135 Å². The van der Waals surface area contributed by atoms with Crippen LogP contribution in [0.3, 0.4) is 0 Å². The van der Waals surface area contributed by atoms with Gasteiger partial charge in [-0.15, -0.1) is 0 Å². The van der Waals surface area contributed by atoms with E-state index in [9.17, 15) is 5.11 Å². The quantitative estimate of drug-likeness (QED) is 0.0312. The number of aliphatic hydroxyl groups is 1. The van der Waals surface area contributed by atoms with E-state index >= 15 is 0 Å². The van der Waals surface area contributed by atoms with E-state index in [1.807, 2.05) is 0 Å². The van der Waals surface area contributed by atoms with Crippen molar-refractivity contribution in [2.24, 2.45) is 5.73 Å². The molecule has 2 fully saturated rings. The van der Waals surface area contributed by atoms with Gasteiger partial charge in [0.15, 0.2) is 0 Å². The topological polar surface area (TPSA) is 215 Å². The SMILES string of the molecule is NCCNCCNCCCCCCCCCNCCNCCNCCCCCCCCCNCCNCCNCCCCCCCCCNCCNCCNCC(O)COCCC[Si]12OCC(CO1)O2. The minimum absolute atomic E-state index is 0.145. The predicted octanol–water partition coefficient (Wildman–Crippen LogP) is 2.77. The average molecular weight is 1020 g/mol. The zero-order chi connectivity index (χ0) is 49.6. The summed E-state index contributed by atoms with van der Waals surface area (Å²) in [6.45, 7) is 25.6. The van der Waals surface area contributed by atoms with Crippen molar-refractivity contribution in [2.75, 3.05) is 177 Å². The molecule has 70 heavy (non-hydrogen) atoms. The monoisotopic (exact) mass is 1020 g/mol. The Morgan fingerprint density at radius 1 is 0.386 bits per heavy atom.